The molecule has 1 amide bonds. The van der Waals surface area contributed by atoms with Crippen molar-refractivity contribution in [3.63, 3.8) is 0 Å². The number of ether oxygens (including phenoxy) is 2. The van der Waals surface area contributed by atoms with Crippen LogP contribution in [-0.4, -0.2) is 25.1 Å². The van der Waals surface area contributed by atoms with Crippen molar-refractivity contribution >= 4 is 39.3 Å². The van der Waals surface area contributed by atoms with E-state index in [-0.39, 0.29) is 11.4 Å². The van der Waals surface area contributed by atoms with Crippen LogP contribution in [0.25, 0.3) is 6.08 Å². The first kappa shape index (κ1) is 18.5. The van der Waals surface area contributed by atoms with E-state index in [9.17, 15) is 14.9 Å². The molecule has 0 spiro atoms. The fraction of sp³-hybridized carbons (Fsp3) is 0.118. The second kappa shape index (κ2) is 8.29. The number of amides is 1. The molecule has 2 aromatic rings. The lowest BCUT2D eigenvalue weighted by Crippen LogP contribution is -2.09. The highest BCUT2D eigenvalue weighted by Crippen LogP contribution is 2.29. The van der Waals surface area contributed by atoms with Crippen molar-refractivity contribution in [1.29, 1.82) is 0 Å². The van der Waals surface area contributed by atoms with E-state index in [2.05, 4.69) is 21.2 Å². The molecule has 130 valence electrons. The molecular weight excluding hydrogens is 392 g/mol. The number of nitro benzene ring substituents is 1. The molecule has 8 heteroatoms. The molecule has 1 N–H and O–H groups in total. The Balaban J connectivity index is 2.15. The Labute approximate surface area is 152 Å². The first-order valence-corrected chi connectivity index (χ1v) is 7.89. The number of hydrogen-bond acceptors (Lipinski definition) is 5. The van der Waals surface area contributed by atoms with Gasteiger partial charge in [0.25, 0.3) is 5.69 Å². The summed E-state index contributed by atoms with van der Waals surface area (Å²) in [4.78, 5) is 22.4. The van der Waals surface area contributed by atoms with Gasteiger partial charge < -0.3 is 14.8 Å². The lowest BCUT2D eigenvalue weighted by Gasteiger charge is -2.08. The average Bonchev–Trinajstić information content (AvgIpc) is 2.60. The Bertz CT molecular complexity index is 836. The number of halogens is 1. The summed E-state index contributed by atoms with van der Waals surface area (Å²) in [5.41, 5.74) is 0.871. The van der Waals surface area contributed by atoms with Crippen LogP contribution in [0.15, 0.2) is 46.9 Å². The molecule has 2 rings (SSSR count). The zero-order chi connectivity index (χ0) is 18.4. The van der Waals surface area contributed by atoms with Crippen molar-refractivity contribution < 1.29 is 19.2 Å². The van der Waals surface area contributed by atoms with Crippen LogP contribution in [-0.2, 0) is 4.79 Å². The third-order valence-corrected chi connectivity index (χ3v) is 3.87. The molecule has 0 aliphatic carbocycles. The maximum atomic E-state index is 12.1. The maximum absolute atomic E-state index is 12.1. The van der Waals surface area contributed by atoms with Gasteiger partial charge in [0.2, 0.25) is 5.91 Å². The molecule has 0 heterocycles. The summed E-state index contributed by atoms with van der Waals surface area (Å²) < 4.78 is 11.0. The van der Waals surface area contributed by atoms with Gasteiger partial charge in [-0.25, -0.2) is 0 Å². The van der Waals surface area contributed by atoms with Gasteiger partial charge in [0, 0.05) is 18.2 Å². The van der Waals surface area contributed by atoms with Gasteiger partial charge in [-0.1, -0.05) is 6.07 Å². The molecule has 0 saturated carbocycles. The van der Waals surface area contributed by atoms with Crippen LogP contribution in [0.5, 0.6) is 11.5 Å². The Kier molecular flexibility index (Phi) is 6.13. The van der Waals surface area contributed by atoms with Crippen LogP contribution in [0, 0.1) is 10.1 Å². The van der Waals surface area contributed by atoms with E-state index < -0.39 is 10.8 Å². The lowest BCUT2D eigenvalue weighted by atomic mass is 10.2. The summed E-state index contributed by atoms with van der Waals surface area (Å²) in [7, 11) is 2.98. The van der Waals surface area contributed by atoms with E-state index in [1.807, 2.05) is 0 Å². The second-order valence-corrected chi connectivity index (χ2v) is 5.71. The SMILES string of the molecule is COc1ccc(/C=C/C(=O)Nc2cc([N+](=O)[O-])ccc2OC)cc1Br. The van der Waals surface area contributed by atoms with Crippen LogP contribution >= 0.6 is 15.9 Å². The fourth-order valence-electron chi connectivity index (χ4n) is 2.04. The first-order chi connectivity index (χ1) is 11.9. The predicted octanol–water partition coefficient (Wildman–Crippen LogP) is 4.03. The van der Waals surface area contributed by atoms with Gasteiger partial charge in [-0.3, -0.25) is 14.9 Å². The third kappa shape index (κ3) is 4.80. The Hall–Kier alpha value is -2.87. The number of non-ortho nitro benzene ring substituents is 1. The minimum Gasteiger partial charge on any atom is -0.496 e. The molecular formula is C17H15BrN2O5. The van der Waals surface area contributed by atoms with Crippen LogP contribution in [0.4, 0.5) is 11.4 Å². The summed E-state index contributed by atoms with van der Waals surface area (Å²) in [5, 5.41) is 13.4. The monoisotopic (exact) mass is 406 g/mol. The molecule has 0 aliphatic heterocycles. The van der Waals surface area contributed by atoms with Gasteiger partial charge in [0.15, 0.2) is 0 Å². The Morgan fingerprint density at radius 3 is 2.44 bits per heavy atom. The van der Waals surface area contributed by atoms with Gasteiger partial charge in [-0.15, -0.1) is 0 Å². The first-order valence-electron chi connectivity index (χ1n) is 7.09. The quantitative estimate of drug-likeness (QED) is 0.444. The van der Waals surface area contributed by atoms with E-state index in [1.54, 1.807) is 31.4 Å². The minimum atomic E-state index is -0.542. The third-order valence-electron chi connectivity index (χ3n) is 3.25. The summed E-state index contributed by atoms with van der Waals surface area (Å²) in [6, 6.07) is 9.34. The Morgan fingerprint density at radius 1 is 1.16 bits per heavy atom. The van der Waals surface area contributed by atoms with Crippen molar-refractivity contribution in [3.8, 4) is 11.5 Å². The number of rotatable bonds is 6. The van der Waals surface area contributed by atoms with Gasteiger partial charge in [0.1, 0.15) is 11.5 Å². The number of carbonyl (C=O) groups excluding carboxylic acids is 1. The highest BCUT2D eigenvalue weighted by molar-refractivity contribution is 9.10. The molecule has 0 radical (unpaired) electrons. The van der Waals surface area contributed by atoms with Crippen LogP contribution < -0.4 is 14.8 Å². The van der Waals surface area contributed by atoms with Crippen molar-refractivity contribution in [2.24, 2.45) is 0 Å². The molecule has 25 heavy (non-hydrogen) atoms. The van der Waals surface area contributed by atoms with Gasteiger partial charge in [0.05, 0.1) is 29.3 Å². The van der Waals surface area contributed by atoms with E-state index >= 15 is 0 Å². The predicted molar refractivity (Wildman–Crippen MR) is 98.0 cm³/mol. The van der Waals surface area contributed by atoms with Crippen molar-refractivity contribution in [3.05, 3.63) is 62.6 Å². The summed E-state index contributed by atoms with van der Waals surface area (Å²) >= 11 is 3.37. The molecule has 0 aromatic heterocycles. The summed E-state index contributed by atoms with van der Waals surface area (Å²) in [6.45, 7) is 0. The van der Waals surface area contributed by atoms with Gasteiger partial charge in [-0.2, -0.15) is 0 Å². The van der Waals surface area contributed by atoms with Crippen molar-refractivity contribution in [1.82, 2.24) is 0 Å². The summed E-state index contributed by atoms with van der Waals surface area (Å²) in [6.07, 6.45) is 2.94. The topological polar surface area (TPSA) is 90.7 Å². The second-order valence-electron chi connectivity index (χ2n) is 4.86. The van der Waals surface area contributed by atoms with E-state index in [4.69, 9.17) is 9.47 Å². The maximum Gasteiger partial charge on any atom is 0.271 e. The van der Waals surface area contributed by atoms with Crippen LogP contribution in [0.3, 0.4) is 0 Å². The van der Waals surface area contributed by atoms with Crippen LogP contribution in [0.1, 0.15) is 5.56 Å². The average molecular weight is 407 g/mol. The Morgan fingerprint density at radius 2 is 1.84 bits per heavy atom. The molecule has 0 fully saturated rings. The number of methoxy groups -OCH3 is 2. The molecule has 0 atom stereocenters. The molecule has 0 saturated heterocycles. The fourth-order valence-corrected chi connectivity index (χ4v) is 2.60. The number of anilines is 1. The zero-order valence-corrected chi connectivity index (χ0v) is 15.1. The highest BCUT2D eigenvalue weighted by atomic mass is 79.9. The number of hydrogen-bond donors (Lipinski definition) is 1. The van der Waals surface area contributed by atoms with Crippen molar-refractivity contribution in [2.75, 3.05) is 19.5 Å². The highest BCUT2D eigenvalue weighted by Gasteiger charge is 2.12. The zero-order valence-electron chi connectivity index (χ0n) is 13.5. The smallest absolute Gasteiger partial charge is 0.271 e. The van der Waals surface area contributed by atoms with Crippen molar-refractivity contribution in [2.45, 2.75) is 0 Å². The lowest BCUT2D eigenvalue weighted by molar-refractivity contribution is -0.384. The number of benzene rings is 2. The number of carbonyl (C=O) groups is 1. The van der Waals surface area contributed by atoms with E-state index in [0.717, 1.165) is 10.0 Å². The van der Waals surface area contributed by atoms with Gasteiger partial charge in [-0.05, 0) is 45.8 Å². The largest absolute Gasteiger partial charge is 0.496 e. The summed E-state index contributed by atoms with van der Waals surface area (Å²) in [5.74, 6) is 0.577. The number of nitrogens with one attached hydrogen (secondary N) is 1. The van der Waals surface area contributed by atoms with E-state index in [0.29, 0.717) is 11.5 Å². The van der Waals surface area contributed by atoms with E-state index in [1.165, 1.54) is 31.4 Å². The standard InChI is InChI=1S/C17H15BrN2O5/c1-24-15-6-3-11(9-13(15)18)4-8-17(21)19-14-10-12(20(22)23)5-7-16(14)25-2/h3-10H,1-2H3,(H,19,21)/b8-4+. The normalized spacial score (nSPS) is 10.5. The molecule has 7 nitrogen and oxygen atoms in total. The number of nitro groups is 1. The number of nitrogens with zero attached hydrogens (tertiary/aromatic N) is 1. The molecule has 0 aliphatic rings. The molecule has 2 aromatic carbocycles. The molecule has 0 unspecified atom stereocenters. The van der Waals surface area contributed by atoms with Crippen LogP contribution in [0.2, 0.25) is 0 Å². The molecule has 0 bridgehead atoms. The van der Waals surface area contributed by atoms with Gasteiger partial charge >= 0.3 is 0 Å². The minimum absolute atomic E-state index is 0.140.